The standard InChI is InChI=1S/C17H29N3O2.C9H12.C7H16.C5H10O2.C4H10/c1-4-10-20(11-5-2)17(22)16(18)14-8-6-7-9-15(14)19-12-13(3)21;1-7-5-4-6-8(2)9(7)3;1-4-5-6-7(2)3;1-2-3-5(7)4-6;1-3-4-2/h4-12,18H2,1-3H3;4-6H,1-3H3;7H,4-6H2,1-3H3;6H,2-4H2,1H3;3-4H2,1-2H3/b16-14-,19-15?;;;;. The fourth-order valence-corrected chi connectivity index (χ4v) is 4.58. The van der Waals surface area contributed by atoms with Crippen LogP contribution in [0.1, 0.15) is 162 Å². The second kappa shape index (κ2) is 33.7. The average molecular weight is 688 g/mol. The highest BCUT2D eigenvalue weighted by atomic mass is 16.3. The van der Waals surface area contributed by atoms with Gasteiger partial charge in [-0.25, -0.2) is 0 Å². The van der Waals surface area contributed by atoms with Crippen molar-refractivity contribution in [3.8, 4) is 0 Å². The maximum Gasteiger partial charge on any atom is 0.270 e. The van der Waals surface area contributed by atoms with Gasteiger partial charge in [0.1, 0.15) is 12.3 Å². The molecule has 2 rings (SSSR count). The molecule has 1 aromatic rings. The maximum atomic E-state index is 12.6. The summed E-state index contributed by atoms with van der Waals surface area (Å²) in [5.74, 6) is 0.777. The summed E-state index contributed by atoms with van der Waals surface area (Å²) in [6.07, 6.45) is 13.6. The maximum absolute atomic E-state index is 12.6. The molecule has 0 radical (unpaired) electrons. The van der Waals surface area contributed by atoms with Gasteiger partial charge in [0, 0.05) is 30.8 Å². The van der Waals surface area contributed by atoms with Crippen molar-refractivity contribution in [1.82, 2.24) is 4.90 Å². The molecule has 0 atom stereocenters. The van der Waals surface area contributed by atoms with E-state index in [1.807, 2.05) is 11.8 Å². The number of aliphatic hydroxyl groups is 1. The van der Waals surface area contributed by atoms with Crippen molar-refractivity contribution >= 4 is 23.2 Å². The number of carbonyl (C=O) groups excluding carboxylic acids is 3. The summed E-state index contributed by atoms with van der Waals surface area (Å²) in [4.78, 5) is 40.1. The van der Waals surface area contributed by atoms with Crippen LogP contribution in [-0.2, 0) is 14.4 Å². The molecule has 0 aromatic heterocycles. The van der Waals surface area contributed by atoms with E-state index < -0.39 is 0 Å². The molecule has 0 bridgehead atoms. The average Bonchev–Trinajstić information content (AvgIpc) is 3.09. The van der Waals surface area contributed by atoms with E-state index >= 15 is 0 Å². The van der Waals surface area contributed by atoms with Gasteiger partial charge in [0.15, 0.2) is 11.6 Å². The number of nitrogens with zero attached hydrogens (tertiary/aromatic N) is 2. The Bertz CT molecular complexity index is 1050. The van der Waals surface area contributed by atoms with Crippen molar-refractivity contribution in [3.05, 3.63) is 46.2 Å². The lowest BCUT2D eigenvalue weighted by Crippen LogP contribution is -2.37. The number of aliphatic hydroxyl groups excluding tert-OH is 1. The molecule has 0 saturated heterocycles. The van der Waals surface area contributed by atoms with Crippen LogP contribution in [0.2, 0.25) is 0 Å². The van der Waals surface area contributed by atoms with Crippen molar-refractivity contribution in [2.24, 2.45) is 16.6 Å². The number of rotatable bonds is 14. The van der Waals surface area contributed by atoms with E-state index in [1.165, 1.54) is 55.7 Å². The Kier molecular flexibility index (Phi) is 34.8. The van der Waals surface area contributed by atoms with Gasteiger partial charge in [-0.05, 0) is 95.2 Å². The first kappa shape index (κ1) is 50.6. The number of benzene rings is 1. The summed E-state index contributed by atoms with van der Waals surface area (Å²) in [6.45, 7) is 26.5. The Morgan fingerprint density at radius 2 is 1.37 bits per heavy atom. The zero-order chi connectivity index (χ0) is 38.2. The lowest BCUT2D eigenvalue weighted by molar-refractivity contribution is -0.127. The molecule has 0 aliphatic heterocycles. The lowest BCUT2D eigenvalue weighted by atomic mass is 9.90. The zero-order valence-electron chi connectivity index (χ0n) is 34.0. The topological polar surface area (TPSA) is 113 Å². The van der Waals surface area contributed by atoms with Crippen LogP contribution in [-0.4, -0.2) is 59.4 Å². The number of hydrogen-bond acceptors (Lipinski definition) is 6. The van der Waals surface area contributed by atoms with Gasteiger partial charge >= 0.3 is 0 Å². The van der Waals surface area contributed by atoms with E-state index in [9.17, 15) is 14.4 Å². The third-order valence-corrected chi connectivity index (χ3v) is 7.98. The largest absolute Gasteiger partial charge is 0.394 e. The number of allylic oxidation sites excluding steroid dienone is 1. The molecule has 0 heterocycles. The van der Waals surface area contributed by atoms with Crippen LogP contribution in [0.4, 0.5) is 0 Å². The molecule has 3 N–H and O–H groups in total. The highest BCUT2D eigenvalue weighted by Gasteiger charge is 2.23. The third kappa shape index (κ3) is 27.7. The number of nitrogens with two attached hydrogens (primary N) is 1. The first-order valence-electron chi connectivity index (χ1n) is 19.2. The van der Waals surface area contributed by atoms with Gasteiger partial charge in [-0.2, -0.15) is 0 Å². The van der Waals surface area contributed by atoms with Crippen LogP contribution < -0.4 is 5.73 Å². The lowest BCUT2D eigenvalue weighted by Gasteiger charge is -2.25. The van der Waals surface area contributed by atoms with Crippen molar-refractivity contribution < 1.29 is 19.5 Å². The first-order valence-corrected chi connectivity index (χ1v) is 19.2. The Morgan fingerprint density at radius 1 is 0.837 bits per heavy atom. The van der Waals surface area contributed by atoms with Crippen molar-refractivity contribution in [3.63, 3.8) is 0 Å². The fraction of sp³-hybridized carbons (Fsp3) is 0.714. The molecule has 7 nitrogen and oxygen atoms in total. The fourth-order valence-electron chi connectivity index (χ4n) is 4.58. The van der Waals surface area contributed by atoms with Gasteiger partial charge in [0.25, 0.3) is 5.91 Å². The summed E-state index contributed by atoms with van der Waals surface area (Å²) in [6, 6.07) is 6.38. The quantitative estimate of drug-likeness (QED) is 0.189. The number of aryl methyl sites for hydroxylation is 2. The molecular formula is C42H77N3O4. The molecule has 1 fully saturated rings. The highest BCUT2D eigenvalue weighted by Crippen LogP contribution is 2.23. The Labute approximate surface area is 302 Å². The normalized spacial score (nSPS) is 13.7. The molecule has 284 valence electrons. The number of ketones is 2. The predicted molar refractivity (Wildman–Crippen MR) is 212 cm³/mol. The van der Waals surface area contributed by atoms with Gasteiger partial charge in [-0.3, -0.25) is 19.4 Å². The van der Waals surface area contributed by atoms with Crippen molar-refractivity contribution in [1.29, 1.82) is 0 Å². The first-order chi connectivity index (χ1) is 23.2. The second-order valence-electron chi connectivity index (χ2n) is 13.4. The molecule has 1 saturated carbocycles. The second-order valence-corrected chi connectivity index (χ2v) is 13.4. The molecule has 49 heavy (non-hydrogen) atoms. The number of unbranched alkanes of at least 4 members (excludes halogenated alkanes) is 2. The van der Waals surface area contributed by atoms with E-state index in [1.54, 1.807) is 0 Å². The Balaban J connectivity index is -0.000000640. The van der Waals surface area contributed by atoms with Crippen LogP contribution in [0.5, 0.6) is 0 Å². The van der Waals surface area contributed by atoms with Gasteiger partial charge in [0.2, 0.25) is 0 Å². The predicted octanol–water partition coefficient (Wildman–Crippen LogP) is 10.1. The minimum absolute atomic E-state index is 0.0286. The van der Waals surface area contributed by atoms with Gasteiger partial charge in [-0.1, -0.05) is 106 Å². The summed E-state index contributed by atoms with van der Waals surface area (Å²) in [5.41, 5.74) is 12.4. The SMILES string of the molecule is CCCC.CCCC(=O)CO.CCCCC(C)C.CCCN(CCC)C(=O)/C(N)=C1\CCCCC1=NCC(C)=O.Cc1cccc(C)c1C. The van der Waals surface area contributed by atoms with Crippen LogP contribution in [0.3, 0.4) is 0 Å². The van der Waals surface area contributed by atoms with Crippen LogP contribution in [0.25, 0.3) is 0 Å². The zero-order valence-corrected chi connectivity index (χ0v) is 34.0. The van der Waals surface area contributed by atoms with E-state index in [0.29, 0.717) is 12.1 Å². The summed E-state index contributed by atoms with van der Waals surface area (Å²) in [7, 11) is 0. The van der Waals surface area contributed by atoms with Gasteiger partial charge in [0.05, 0.1) is 6.54 Å². The van der Waals surface area contributed by atoms with Crippen molar-refractivity contribution in [2.45, 2.75) is 167 Å². The van der Waals surface area contributed by atoms with Gasteiger partial charge < -0.3 is 15.7 Å². The van der Waals surface area contributed by atoms with Gasteiger partial charge in [-0.15, -0.1) is 0 Å². The van der Waals surface area contributed by atoms with E-state index in [2.05, 4.69) is 92.4 Å². The molecule has 1 aliphatic rings. The van der Waals surface area contributed by atoms with Crippen LogP contribution in [0, 0.1) is 26.7 Å². The molecule has 7 heteroatoms. The molecule has 1 aromatic carbocycles. The number of aliphatic imine (C=N–C) groups is 1. The summed E-state index contributed by atoms with van der Waals surface area (Å²) >= 11 is 0. The minimum atomic E-state index is -0.298. The number of hydrogen-bond donors (Lipinski definition) is 2. The molecule has 0 spiro atoms. The summed E-state index contributed by atoms with van der Waals surface area (Å²) < 4.78 is 0. The van der Waals surface area contributed by atoms with E-state index in [4.69, 9.17) is 10.8 Å². The molecule has 1 aliphatic carbocycles. The third-order valence-electron chi connectivity index (χ3n) is 7.98. The molecular weight excluding hydrogens is 610 g/mol. The van der Waals surface area contributed by atoms with Crippen LogP contribution >= 0.6 is 0 Å². The number of carbonyl (C=O) groups is 3. The number of Topliss-reactive ketones (excluding diaryl/α,β-unsaturated/α-hetero) is 2. The van der Waals surface area contributed by atoms with E-state index in [0.717, 1.165) is 75.2 Å². The number of amides is 1. The highest BCUT2D eigenvalue weighted by molar-refractivity contribution is 6.08. The monoisotopic (exact) mass is 688 g/mol. The summed E-state index contributed by atoms with van der Waals surface area (Å²) in [5, 5.41) is 8.12. The Hall–Kier alpha value is -2.80. The smallest absolute Gasteiger partial charge is 0.270 e. The van der Waals surface area contributed by atoms with Crippen LogP contribution in [0.15, 0.2) is 34.5 Å². The van der Waals surface area contributed by atoms with E-state index in [-0.39, 0.29) is 30.6 Å². The minimum Gasteiger partial charge on any atom is -0.394 e. The van der Waals surface area contributed by atoms with Crippen molar-refractivity contribution in [2.75, 3.05) is 26.2 Å². The molecule has 1 amide bonds. The Morgan fingerprint density at radius 3 is 1.71 bits per heavy atom. The molecule has 0 unspecified atom stereocenters.